The molecule has 0 bridgehead atoms. The third-order valence-electron chi connectivity index (χ3n) is 1.37. The molecule has 2 rings (SSSR count). The molecule has 0 amide bonds. The minimum absolute atomic E-state index is 0.535. The Kier molecular flexibility index (Phi) is 1.17. The van der Waals surface area contributed by atoms with Crippen LogP contribution < -0.4 is 10.5 Å². The van der Waals surface area contributed by atoms with Crippen LogP contribution in [0.25, 0.3) is 6.08 Å². The Morgan fingerprint density at radius 2 is 2.50 bits per heavy atom. The molecule has 0 aliphatic carbocycles. The summed E-state index contributed by atoms with van der Waals surface area (Å²) >= 11 is 1.61. The third-order valence-corrected chi connectivity index (χ3v) is 2.21. The highest BCUT2D eigenvalue weighted by Gasteiger charge is 2.08. The van der Waals surface area contributed by atoms with E-state index in [1.54, 1.807) is 11.3 Å². The summed E-state index contributed by atoms with van der Waals surface area (Å²) in [4.78, 5) is 0. The van der Waals surface area contributed by atoms with E-state index in [2.05, 4.69) is 0 Å². The second-order valence-corrected chi connectivity index (χ2v) is 3.05. The minimum atomic E-state index is 0.535. The van der Waals surface area contributed by atoms with Crippen molar-refractivity contribution in [1.29, 1.82) is 0 Å². The second-order valence-electron chi connectivity index (χ2n) is 2.17. The molecule has 0 aromatic carbocycles. The van der Waals surface area contributed by atoms with Crippen molar-refractivity contribution in [2.24, 2.45) is 5.73 Å². The molecule has 2 N–H and O–H groups in total. The molecule has 10 heavy (non-hydrogen) atoms. The SMILES string of the molecule is NC1=Cc2ccsc2OC1. The van der Waals surface area contributed by atoms with Gasteiger partial charge in [-0.25, -0.2) is 0 Å². The summed E-state index contributed by atoms with van der Waals surface area (Å²) < 4.78 is 5.30. The number of thiophene rings is 1. The van der Waals surface area contributed by atoms with Gasteiger partial charge in [0, 0.05) is 11.3 Å². The van der Waals surface area contributed by atoms with Gasteiger partial charge in [-0.2, -0.15) is 0 Å². The normalized spacial score (nSPS) is 15.4. The predicted molar refractivity (Wildman–Crippen MR) is 42.0 cm³/mol. The highest BCUT2D eigenvalue weighted by molar-refractivity contribution is 7.12. The molecule has 0 radical (unpaired) electrons. The predicted octanol–water partition coefficient (Wildman–Crippen LogP) is 1.44. The first kappa shape index (κ1) is 5.80. The first-order valence-corrected chi connectivity index (χ1v) is 3.90. The van der Waals surface area contributed by atoms with Gasteiger partial charge in [-0.1, -0.05) is 0 Å². The minimum Gasteiger partial charge on any atom is -0.477 e. The van der Waals surface area contributed by atoms with Crippen LogP contribution in [-0.4, -0.2) is 6.61 Å². The Morgan fingerprint density at radius 3 is 3.40 bits per heavy atom. The van der Waals surface area contributed by atoms with Gasteiger partial charge in [-0.05, 0) is 17.5 Å². The number of ether oxygens (including phenoxy) is 1. The molecule has 52 valence electrons. The maximum Gasteiger partial charge on any atom is 0.181 e. The largest absolute Gasteiger partial charge is 0.477 e. The molecule has 1 aromatic heterocycles. The smallest absolute Gasteiger partial charge is 0.181 e. The van der Waals surface area contributed by atoms with E-state index in [1.165, 1.54) is 0 Å². The molecule has 1 aromatic rings. The van der Waals surface area contributed by atoms with E-state index in [0.717, 1.165) is 16.3 Å². The lowest BCUT2D eigenvalue weighted by atomic mass is 10.2. The molecular weight excluding hydrogens is 146 g/mol. The summed E-state index contributed by atoms with van der Waals surface area (Å²) in [5, 5.41) is 2.98. The van der Waals surface area contributed by atoms with Gasteiger partial charge in [0.2, 0.25) is 0 Å². The number of rotatable bonds is 0. The van der Waals surface area contributed by atoms with Gasteiger partial charge < -0.3 is 10.5 Å². The fraction of sp³-hybridized carbons (Fsp3) is 0.143. The monoisotopic (exact) mass is 153 g/mol. The van der Waals surface area contributed by atoms with Gasteiger partial charge in [0.05, 0.1) is 0 Å². The van der Waals surface area contributed by atoms with Crippen LogP contribution in [0, 0.1) is 0 Å². The number of nitrogens with two attached hydrogens (primary N) is 1. The Hall–Kier alpha value is -0.960. The maximum absolute atomic E-state index is 5.55. The number of fused-ring (bicyclic) bond motifs is 1. The highest BCUT2D eigenvalue weighted by Crippen LogP contribution is 2.30. The summed E-state index contributed by atoms with van der Waals surface area (Å²) in [7, 11) is 0. The van der Waals surface area contributed by atoms with E-state index in [4.69, 9.17) is 10.5 Å². The van der Waals surface area contributed by atoms with Gasteiger partial charge in [-0.15, -0.1) is 11.3 Å². The molecule has 0 spiro atoms. The van der Waals surface area contributed by atoms with Crippen molar-refractivity contribution in [3.8, 4) is 5.06 Å². The Morgan fingerprint density at radius 1 is 1.60 bits per heavy atom. The van der Waals surface area contributed by atoms with Gasteiger partial charge in [0.1, 0.15) is 6.61 Å². The molecule has 0 unspecified atom stereocenters. The van der Waals surface area contributed by atoms with Crippen molar-refractivity contribution in [2.75, 3.05) is 6.61 Å². The molecule has 1 aliphatic heterocycles. The summed E-state index contributed by atoms with van der Waals surface area (Å²) in [6, 6.07) is 2.01. The summed E-state index contributed by atoms with van der Waals surface area (Å²) in [6.07, 6.45) is 1.95. The van der Waals surface area contributed by atoms with Crippen molar-refractivity contribution >= 4 is 17.4 Å². The van der Waals surface area contributed by atoms with Crippen LogP contribution in [0.2, 0.25) is 0 Å². The van der Waals surface area contributed by atoms with E-state index in [9.17, 15) is 0 Å². The van der Waals surface area contributed by atoms with Crippen molar-refractivity contribution in [3.05, 3.63) is 22.7 Å². The molecule has 2 nitrogen and oxygen atoms in total. The quantitative estimate of drug-likeness (QED) is 0.612. The van der Waals surface area contributed by atoms with E-state index in [0.29, 0.717) is 6.61 Å². The van der Waals surface area contributed by atoms with Crippen molar-refractivity contribution in [2.45, 2.75) is 0 Å². The Balaban J connectivity index is 2.50. The van der Waals surface area contributed by atoms with Crippen LogP contribution in [0.5, 0.6) is 5.06 Å². The molecule has 2 heterocycles. The van der Waals surface area contributed by atoms with Crippen LogP contribution in [0.1, 0.15) is 5.56 Å². The Labute approximate surface area is 62.9 Å². The molecule has 0 saturated heterocycles. The van der Waals surface area contributed by atoms with Gasteiger partial charge in [0.25, 0.3) is 0 Å². The summed E-state index contributed by atoms with van der Waals surface area (Å²) in [5.74, 6) is 0. The zero-order valence-electron chi connectivity index (χ0n) is 5.33. The fourth-order valence-electron chi connectivity index (χ4n) is 0.920. The van der Waals surface area contributed by atoms with Gasteiger partial charge in [-0.3, -0.25) is 0 Å². The summed E-state index contributed by atoms with van der Waals surface area (Å²) in [6.45, 7) is 0.535. The van der Waals surface area contributed by atoms with E-state index >= 15 is 0 Å². The van der Waals surface area contributed by atoms with Crippen LogP contribution >= 0.6 is 11.3 Å². The maximum atomic E-state index is 5.55. The van der Waals surface area contributed by atoms with Gasteiger partial charge >= 0.3 is 0 Å². The first-order chi connectivity index (χ1) is 4.86. The average Bonchev–Trinajstić information content (AvgIpc) is 2.33. The second kappa shape index (κ2) is 2.02. The molecule has 0 atom stereocenters. The van der Waals surface area contributed by atoms with Crippen LogP contribution in [0.3, 0.4) is 0 Å². The zero-order chi connectivity index (χ0) is 6.97. The van der Waals surface area contributed by atoms with Crippen molar-refractivity contribution in [1.82, 2.24) is 0 Å². The lowest BCUT2D eigenvalue weighted by Gasteiger charge is -2.10. The summed E-state index contributed by atoms with van der Waals surface area (Å²) in [5.41, 5.74) is 7.45. The Bertz CT molecular complexity index is 277. The van der Waals surface area contributed by atoms with E-state index in [1.807, 2.05) is 17.5 Å². The standard InChI is InChI=1S/C7H7NOS/c8-6-3-5-1-2-10-7(5)9-4-6/h1-3H,4,8H2. The average molecular weight is 153 g/mol. The molecule has 0 fully saturated rings. The number of hydrogen-bond donors (Lipinski definition) is 1. The number of hydrogen-bond acceptors (Lipinski definition) is 3. The molecule has 1 aliphatic rings. The van der Waals surface area contributed by atoms with Crippen molar-refractivity contribution < 1.29 is 4.74 Å². The topological polar surface area (TPSA) is 35.2 Å². The van der Waals surface area contributed by atoms with Crippen LogP contribution in [0.4, 0.5) is 0 Å². The highest BCUT2D eigenvalue weighted by atomic mass is 32.1. The lowest BCUT2D eigenvalue weighted by Crippen LogP contribution is -2.11. The molecular formula is C7H7NOS. The first-order valence-electron chi connectivity index (χ1n) is 3.02. The molecule has 0 saturated carbocycles. The van der Waals surface area contributed by atoms with Gasteiger partial charge in [0.15, 0.2) is 5.06 Å². The van der Waals surface area contributed by atoms with E-state index in [-0.39, 0.29) is 0 Å². The fourth-order valence-corrected chi connectivity index (χ4v) is 1.65. The lowest BCUT2D eigenvalue weighted by molar-refractivity contribution is 0.356. The van der Waals surface area contributed by atoms with E-state index < -0.39 is 0 Å². The third kappa shape index (κ3) is 0.789. The zero-order valence-corrected chi connectivity index (χ0v) is 6.15. The van der Waals surface area contributed by atoms with Crippen LogP contribution in [-0.2, 0) is 0 Å². The molecule has 3 heteroatoms. The van der Waals surface area contributed by atoms with Crippen molar-refractivity contribution in [3.63, 3.8) is 0 Å². The van der Waals surface area contributed by atoms with Crippen LogP contribution in [0.15, 0.2) is 17.1 Å².